The first-order chi connectivity index (χ1) is 19.4. The molecule has 3 N–H and O–H groups in total. The number of pyridine rings is 1. The van der Waals surface area contributed by atoms with Gasteiger partial charge in [0.15, 0.2) is 0 Å². The second-order valence-corrected chi connectivity index (χ2v) is 10.1. The number of carbonyl (C=O) groups excluding carboxylic acids is 2. The van der Waals surface area contributed by atoms with E-state index < -0.39 is 0 Å². The fourth-order valence-electron chi connectivity index (χ4n) is 5.01. The third-order valence-corrected chi connectivity index (χ3v) is 7.08. The van der Waals surface area contributed by atoms with Gasteiger partial charge in [-0.25, -0.2) is 15.0 Å². The predicted octanol–water partition coefficient (Wildman–Crippen LogP) is 4.62. The van der Waals surface area contributed by atoms with Crippen molar-refractivity contribution in [3.05, 3.63) is 84.1 Å². The molecule has 0 unspecified atom stereocenters. The van der Waals surface area contributed by atoms with Crippen molar-refractivity contribution >= 4 is 29.0 Å². The van der Waals surface area contributed by atoms with Gasteiger partial charge in [0.2, 0.25) is 5.91 Å². The zero-order chi connectivity index (χ0) is 28.2. The van der Waals surface area contributed by atoms with Crippen LogP contribution >= 0.6 is 0 Å². The fraction of sp³-hybridized carbons (Fsp3) is 0.300. The second kappa shape index (κ2) is 11.7. The zero-order valence-corrected chi connectivity index (χ0v) is 22.9. The molecular formula is C30H33N7O3. The number of nitrogen functional groups attached to an aromatic ring is 1. The Bertz CT molecular complexity index is 1560. The quantitative estimate of drug-likeness (QED) is 0.313. The Morgan fingerprint density at radius 3 is 2.73 bits per heavy atom. The summed E-state index contributed by atoms with van der Waals surface area (Å²) in [5.74, 6) is 1.57. The van der Waals surface area contributed by atoms with Gasteiger partial charge >= 0.3 is 0 Å². The highest BCUT2D eigenvalue weighted by molar-refractivity contribution is 6.04. The Morgan fingerprint density at radius 2 is 1.98 bits per heavy atom. The van der Waals surface area contributed by atoms with Gasteiger partial charge < -0.3 is 20.7 Å². The first kappa shape index (κ1) is 27.0. The SMILES string of the molecule is COC/C=C/C(=O)N1CCC[C@H]1c1nc(-c2ccc(C(=O)Nc3cc(C(C)C)ccn3)cc2)c2c(N)nccn12. The number of likely N-dealkylation sites (tertiary alicyclic amines) is 1. The molecule has 4 aromatic rings. The Balaban J connectivity index is 1.44. The van der Waals surface area contributed by atoms with Gasteiger partial charge in [-0.1, -0.05) is 32.1 Å². The normalized spacial score (nSPS) is 15.4. The van der Waals surface area contributed by atoms with Crippen LogP contribution in [0.15, 0.2) is 67.1 Å². The average molecular weight is 540 g/mol. The molecule has 0 aliphatic carbocycles. The van der Waals surface area contributed by atoms with Gasteiger partial charge in [-0.3, -0.25) is 14.0 Å². The first-order valence-electron chi connectivity index (χ1n) is 13.3. The number of nitrogens with one attached hydrogen (secondary N) is 1. The van der Waals surface area contributed by atoms with E-state index in [2.05, 4.69) is 29.1 Å². The van der Waals surface area contributed by atoms with Gasteiger partial charge in [-0.2, -0.15) is 0 Å². The van der Waals surface area contributed by atoms with Crippen LogP contribution in [0.5, 0.6) is 0 Å². The third kappa shape index (κ3) is 5.43. The number of benzene rings is 1. The molecule has 10 nitrogen and oxygen atoms in total. The number of nitrogens with zero attached hydrogens (tertiary/aromatic N) is 5. The van der Waals surface area contributed by atoms with Gasteiger partial charge in [-0.15, -0.1) is 0 Å². The molecule has 40 heavy (non-hydrogen) atoms. The molecular weight excluding hydrogens is 506 g/mol. The molecule has 1 aromatic carbocycles. The Morgan fingerprint density at radius 1 is 1.18 bits per heavy atom. The standard InChI is InChI=1S/C30H33N7O3/c1-19(2)22-12-13-32-24(18-22)34-30(39)21-10-8-20(9-11-21)26-27-28(31)33-14-16-37(27)29(35-26)23-6-4-15-36(23)25(38)7-5-17-40-3/h5,7-14,16,18-19,23H,4,6,15,17H2,1-3H3,(H2,31,33)(H,32,34,39)/b7-5+/t23-/m0/s1. The molecule has 0 saturated carbocycles. The van der Waals surface area contributed by atoms with Crippen molar-refractivity contribution in [3.8, 4) is 11.3 Å². The summed E-state index contributed by atoms with van der Waals surface area (Å²) in [6.45, 7) is 5.20. The number of rotatable bonds is 8. The topological polar surface area (TPSA) is 128 Å². The van der Waals surface area contributed by atoms with E-state index in [0.717, 1.165) is 29.8 Å². The third-order valence-electron chi connectivity index (χ3n) is 7.08. The Hall–Kier alpha value is -4.57. The van der Waals surface area contributed by atoms with E-state index in [1.165, 1.54) is 0 Å². The van der Waals surface area contributed by atoms with Crippen molar-refractivity contribution in [1.82, 2.24) is 24.3 Å². The van der Waals surface area contributed by atoms with Crippen LogP contribution in [0.2, 0.25) is 0 Å². The molecule has 0 radical (unpaired) electrons. The van der Waals surface area contributed by atoms with Gasteiger partial charge in [0.1, 0.15) is 28.7 Å². The van der Waals surface area contributed by atoms with Crippen molar-refractivity contribution < 1.29 is 14.3 Å². The van der Waals surface area contributed by atoms with E-state index in [4.69, 9.17) is 15.5 Å². The van der Waals surface area contributed by atoms with Crippen molar-refractivity contribution in [2.24, 2.45) is 0 Å². The lowest BCUT2D eigenvalue weighted by molar-refractivity contribution is -0.127. The Labute approximate surface area is 232 Å². The van der Waals surface area contributed by atoms with Crippen molar-refractivity contribution in [2.45, 2.75) is 38.6 Å². The molecule has 1 atom stereocenters. The molecule has 2 amide bonds. The summed E-state index contributed by atoms with van der Waals surface area (Å²) >= 11 is 0. The van der Waals surface area contributed by atoms with Crippen LogP contribution < -0.4 is 11.1 Å². The molecule has 0 bridgehead atoms. The number of aromatic nitrogens is 4. The smallest absolute Gasteiger partial charge is 0.256 e. The summed E-state index contributed by atoms with van der Waals surface area (Å²) < 4.78 is 6.95. The number of methoxy groups -OCH3 is 1. The second-order valence-electron chi connectivity index (χ2n) is 10.1. The van der Waals surface area contributed by atoms with Crippen LogP contribution in [0.1, 0.15) is 60.4 Å². The van der Waals surface area contributed by atoms with Gasteiger partial charge in [0, 0.05) is 49.4 Å². The molecule has 1 aliphatic rings. The van der Waals surface area contributed by atoms with Crippen LogP contribution in [0.4, 0.5) is 11.6 Å². The van der Waals surface area contributed by atoms with Gasteiger partial charge in [0.05, 0.1) is 12.6 Å². The molecule has 10 heteroatoms. The number of anilines is 2. The maximum absolute atomic E-state index is 12.9. The minimum atomic E-state index is -0.252. The van der Waals surface area contributed by atoms with E-state index in [-0.39, 0.29) is 17.9 Å². The van der Waals surface area contributed by atoms with Crippen LogP contribution in [-0.2, 0) is 9.53 Å². The molecule has 0 spiro atoms. The highest BCUT2D eigenvalue weighted by Gasteiger charge is 2.33. The van der Waals surface area contributed by atoms with E-state index >= 15 is 0 Å². The zero-order valence-electron chi connectivity index (χ0n) is 22.9. The number of ether oxygens (including phenoxy) is 1. The summed E-state index contributed by atoms with van der Waals surface area (Å²) in [4.78, 5) is 41.2. The number of hydrogen-bond donors (Lipinski definition) is 2. The van der Waals surface area contributed by atoms with Crippen LogP contribution in [0, 0.1) is 0 Å². The first-order valence-corrected chi connectivity index (χ1v) is 13.3. The molecule has 5 rings (SSSR count). The average Bonchev–Trinajstić information content (AvgIpc) is 3.59. The monoisotopic (exact) mass is 539 g/mol. The maximum atomic E-state index is 12.9. The number of carbonyl (C=O) groups is 2. The summed E-state index contributed by atoms with van der Waals surface area (Å²) in [5.41, 5.74) is 10.0. The lowest BCUT2D eigenvalue weighted by Gasteiger charge is -2.22. The molecule has 3 aromatic heterocycles. The minimum absolute atomic E-state index is 0.0799. The summed E-state index contributed by atoms with van der Waals surface area (Å²) in [7, 11) is 1.59. The summed E-state index contributed by atoms with van der Waals surface area (Å²) in [5, 5.41) is 2.88. The number of fused-ring (bicyclic) bond motifs is 1. The largest absolute Gasteiger partial charge is 0.382 e. The van der Waals surface area contributed by atoms with Crippen LogP contribution in [-0.4, -0.2) is 56.3 Å². The van der Waals surface area contributed by atoms with Crippen molar-refractivity contribution in [2.75, 3.05) is 31.3 Å². The van der Waals surface area contributed by atoms with E-state index in [1.54, 1.807) is 43.8 Å². The molecule has 206 valence electrons. The summed E-state index contributed by atoms with van der Waals surface area (Å²) in [6.07, 6.45) is 10.1. The highest BCUT2D eigenvalue weighted by atomic mass is 16.5. The van der Waals surface area contributed by atoms with E-state index in [9.17, 15) is 9.59 Å². The molecule has 1 fully saturated rings. The van der Waals surface area contributed by atoms with Crippen molar-refractivity contribution in [1.29, 1.82) is 0 Å². The highest BCUT2D eigenvalue weighted by Crippen LogP contribution is 2.36. The minimum Gasteiger partial charge on any atom is -0.382 e. The van der Waals surface area contributed by atoms with Crippen molar-refractivity contribution in [3.63, 3.8) is 0 Å². The van der Waals surface area contributed by atoms with Crippen LogP contribution in [0.25, 0.3) is 16.8 Å². The number of amides is 2. The van der Waals surface area contributed by atoms with E-state index in [1.807, 2.05) is 39.8 Å². The van der Waals surface area contributed by atoms with Crippen LogP contribution in [0.3, 0.4) is 0 Å². The molecule has 1 aliphatic heterocycles. The molecule has 4 heterocycles. The lowest BCUT2D eigenvalue weighted by atomic mass is 10.1. The number of nitrogens with two attached hydrogens (primary N) is 1. The van der Waals surface area contributed by atoms with Gasteiger partial charge in [0.25, 0.3) is 5.91 Å². The molecule has 1 saturated heterocycles. The predicted molar refractivity (Wildman–Crippen MR) is 154 cm³/mol. The fourth-order valence-corrected chi connectivity index (χ4v) is 5.01. The number of imidazole rings is 1. The maximum Gasteiger partial charge on any atom is 0.256 e. The van der Waals surface area contributed by atoms with E-state index in [0.29, 0.717) is 47.5 Å². The van der Waals surface area contributed by atoms with Gasteiger partial charge in [-0.05, 0) is 48.6 Å². The summed E-state index contributed by atoms with van der Waals surface area (Å²) in [6, 6.07) is 10.8. The lowest BCUT2D eigenvalue weighted by Crippen LogP contribution is -2.30. The Kier molecular flexibility index (Phi) is 7.88. The number of hydrogen-bond acceptors (Lipinski definition) is 7.